The maximum atomic E-state index is 13.4. The monoisotopic (exact) mass is 368 g/mol. The summed E-state index contributed by atoms with van der Waals surface area (Å²) in [6.45, 7) is 2.27. The summed E-state index contributed by atoms with van der Waals surface area (Å²) in [5.74, 6) is -0.368. The first-order valence-electron chi connectivity index (χ1n) is 8.69. The number of ether oxygens (including phenoxy) is 3. The molecule has 1 atom stereocenters. The lowest BCUT2D eigenvalue weighted by Gasteiger charge is -2.12. The van der Waals surface area contributed by atoms with Crippen LogP contribution in [0.5, 0.6) is 11.5 Å². The van der Waals surface area contributed by atoms with Crippen LogP contribution in [0.1, 0.15) is 34.3 Å². The quantitative estimate of drug-likeness (QED) is 0.468. The van der Waals surface area contributed by atoms with E-state index in [1.165, 1.54) is 18.2 Å². The van der Waals surface area contributed by atoms with Gasteiger partial charge in [-0.05, 0) is 55.7 Å². The van der Waals surface area contributed by atoms with Crippen molar-refractivity contribution in [2.45, 2.75) is 25.9 Å². The van der Waals surface area contributed by atoms with Crippen LogP contribution >= 0.6 is 0 Å². The first kappa shape index (κ1) is 17.4. The summed E-state index contributed by atoms with van der Waals surface area (Å²) in [5, 5.41) is 0. The lowest BCUT2D eigenvalue weighted by Crippen LogP contribution is -2.25. The van der Waals surface area contributed by atoms with Gasteiger partial charge in [-0.25, -0.2) is 9.18 Å². The molecular formula is C21H17FO5. The summed E-state index contributed by atoms with van der Waals surface area (Å²) in [7, 11) is 0. The van der Waals surface area contributed by atoms with Gasteiger partial charge in [-0.15, -0.1) is 0 Å². The number of carbonyl (C=O) groups is 2. The van der Waals surface area contributed by atoms with Crippen LogP contribution in [0.25, 0.3) is 6.08 Å². The fourth-order valence-electron chi connectivity index (χ4n) is 3.16. The maximum absolute atomic E-state index is 13.4. The van der Waals surface area contributed by atoms with Gasteiger partial charge in [0.15, 0.2) is 11.9 Å². The summed E-state index contributed by atoms with van der Waals surface area (Å²) in [6, 6.07) is 9.02. The van der Waals surface area contributed by atoms with Crippen LogP contribution in [0.3, 0.4) is 0 Å². The standard InChI is InChI=1S/C21H17FO5/c1-12-16(27-21(24)17-6-3-9-25-17)8-7-15-19(23)18(26-20(12)15)11-13-4-2-5-14(22)10-13/h2,4-5,7-8,10-11,17H,3,6,9H2,1H3/b18-11-. The Kier molecular flexibility index (Phi) is 4.49. The fourth-order valence-corrected chi connectivity index (χ4v) is 3.16. The molecule has 0 spiro atoms. The second-order valence-corrected chi connectivity index (χ2v) is 6.48. The Hall–Kier alpha value is -2.99. The number of ketones is 1. The molecule has 2 aliphatic rings. The number of halogens is 1. The molecule has 0 N–H and O–H groups in total. The van der Waals surface area contributed by atoms with Gasteiger partial charge in [0.25, 0.3) is 0 Å². The molecule has 0 radical (unpaired) electrons. The van der Waals surface area contributed by atoms with Gasteiger partial charge >= 0.3 is 5.97 Å². The molecule has 27 heavy (non-hydrogen) atoms. The van der Waals surface area contributed by atoms with Crippen molar-refractivity contribution in [1.82, 2.24) is 0 Å². The Morgan fingerprint density at radius 3 is 2.89 bits per heavy atom. The molecule has 2 aromatic rings. The van der Waals surface area contributed by atoms with E-state index in [1.807, 2.05) is 0 Å². The Labute approximate surface area is 155 Å². The summed E-state index contributed by atoms with van der Waals surface area (Å²) in [4.78, 5) is 24.7. The summed E-state index contributed by atoms with van der Waals surface area (Å²) < 4.78 is 29.8. The number of Topliss-reactive ketones (excluding diaryl/α,β-unsaturated/α-hetero) is 1. The number of esters is 1. The summed E-state index contributed by atoms with van der Waals surface area (Å²) >= 11 is 0. The van der Waals surface area contributed by atoms with E-state index >= 15 is 0 Å². The van der Waals surface area contributed by atoms with E-state index in [0.717, 1.165) is 6.42 Å². The van der Waals surface area contributed by atoms with E-state index < -0.39 is 17.9 Å². The highest BCUT2D eigenvalue weighted by Gasteiger charge is 2.32. The number of rotatable bonds is 3. The molecule has 2 aliphatic heterocycles. The fraction of sp³-hybridized carbons (Fsp3) is 0.238. The number of fused-ring (bicyclic) bond motifs is 1. The Balaban J connectivity index is 1.60. The van der Waals surface area contributed by atoms with E-state index in [4.69, 9.17) is 14.2 Å². The molecule has 6 heteroatoms. The number of benzene rings is 2. The topological polar surface area (TPSA) is 61.8 Å². The summed E-state index contributed by atoms with van der Waals surface area (Å²) in [6.07, 6.45) is 2.40. The lowest BCUT2D eigenvalue weighted by molar-refractivity contribution is -0.144. The van der Waals surface area contributed by atoms with Gasteiger partial charge in [0.1, 0.15) is 17.3 Å². The predicted molar refractivity (Wildman–Crippen MR) is 95.1 cm³/mol. The third kappa shape index (κ3) is 3.36. The van der Waals surface area contributed by atoms with E-state index in [9.17, 15) is 14.0 Å². The highest BCUT2D eigenvalue weighted by Crippen LogP contribution is 2.39. The highest BCUT2D eigenvalue weighted by atomic mass is 19.1. The highest BCUT2D eigenvalue weighted by molar-refractivity contribution is 6.15. The first-order chi connectivity index (χ1) is 13.0. The van der Waals surface area contributed by atoms with E-state index in [-0.39, 0.29) is 11.5 Å². The van der Waals surface area contributed by atoms with Crippen LogP contribution in [0.2, 0.25) is 0 Å². The van der Waals surface area contributed by atoms with Crippen LogP contribution in [-0.2, 0) is 9.53 Å². The zero-order valence-electron chi connectivity index (χ0n) is 14.7. The van der Waals surface area contributed by atoms with Crippen molar-refractivity contribution >= 4 is 17.8 Å². The van der Waals surface area contributed by atoms with Gasteiger partial charge in [0.2, 0.25) is 5.78 Å². The number of hydrogen-bond acceptors (Lipinski definition) is 5. The molecule has 4 rings (SSSR count). The van der Waals surface area contributed by atoms with Crippen LogP contribution in [0.15, 0.2) is 42.2 Å². The van der Waals surface area contributed by atoms with Crippen molar-refractivity contribution in [3.8, 4) is 11.5 Å². The van der Waals surface area contributed by atoms with Gasteiger partial charge in [0.05, 0.1) is 5.56 Å². The summed E-state index contributed by atoms with van der Waals surface area (Å²) in [5.41, 5.74) is 1.45. The number of hydrogen-bond donors (Lipinski definition) is 0. The smallest absolute Gasteiger partial charge is 0.340 e. The van der Waals surface area contributed by atoms with Crippen LogP contribution in [-0.4, -0.2) is 24.5 Å². The van der Waals surface area contributed by atoms with E-state index in [1.54, 1.807) is 31.2 Å². The maximum Gasteiger partial charge on any atom is 0.340 e. The van der Waals surface area contributed by atoms with Crippen molar-refractivity contribution in [1.29, 1.82) is 0 Å². The van der Waals surface area contributed by atoms with E-state index in [0.29, 0.717) is 41.2 Å². The van der Waals surface area contributed by atoms with Crippen molar-refractivity contribution in [3.05, 3.63) is 64.7 Å². The van der Waals surface area contributed by atoms with Gasteiger partial charge in [-0.3, -0.25) is 4.79 Å². The number of carbonyl (C=O) groups excluding carboxylic acids is 2. The zero-order valence-corrected chi connectivity index (χ0v) is 14.7. The van der Waals surface area contributed by atoms with Gasteiger partial charge in [0, 0.05) is 12.2 Å². The average Bonchev–Trinajstić information content (AvgIpc) is 3.28. The van der Waals surface area contributed by atoms with Gasteiger partial charge < -0.3 is 14.2 Å². The molecule has 2 heterocycles. The first-order valence-corrected chi connectivity index (χ1v) is 8.69. The predicted octanol–water partition coefficient (Wildman–Crippen LogP) is 3.83. The minimum absolute atomic E-state index is 0.0984. The zero-order chi connectivity index (χ0) is 19.0. The van der Waals surface area contributed by atoms with Crippen molar-refractivity contribution in [2.24, 2.45) is 0 Å². The molecule has 1 fully saturated rings. The molecule has 138 valence electrons. The molecule has 1 unspecified atom stereocenters. The second-order valence-electron chi connectivity index (χ2n) is 6.48. The molecule has 5 nitrogen and oxygen atoms in total. The third-order valence-electron chi connectivity index (χ3n) is 4.59. The van der Waals surface area contributed by atoms with Gasteiger partial charge in [-0.1, -0.05) is 12.1 Å². The molecule has 0 amide bonds. The SMILES string of the molecule is Cc1c(OC(=O)C2CCCO2)ccc2c1O/C(=C\c1cccc(F)c1)C2=O. The molecular weight excluding hydrogens is 351 g/mol. The second kappa shape index (κ2) is 6.96. The van der Waals surface area contributed by atoms with Crippen LogP contribution < -0.4 is 9.47 Å². The van der Waals surface area contributed by atoms with Crippen LogP contribution in [0, 0.1) is 12.7 Å². The lowest BCUT2D eigenvalue weighted by atomic mass is 10.1. The Bertz CT molecular complexity index is 957. The number of allylic oxidation sites excluding steroid dienone is 1. The average molecular weight is 368 g/mol. The molecule has 1 saturated heterocycles. The van der Waals surface area contributed by atoms with Crippen molar-refractivity contribution in [2.75, 3.05) is 6.61 Å². The molecule has 2 aromatic carbocycles. The molecule has 0 aliphatic carbocycles. The Morgan fingerprint density at radius 1 is 1.30 bits per heavy atom. The molecule has 0 bridgehead atoms. The largest absolute Gasteiger partial charge is 0.452 e. The van der Waals surface area contributed by atoms with Crippen molar-refractivity contribution in [3.63, 3.8) is 0 Å². The normalized spacial score (nSPS) is 19.9. The minimum atomic E-state index is -0.552. The van der Waals surface area contributed by atoms with Crippen LogP contribution in [0.4, 0.5) is 4.39 Å². The van der Waals surface area contributed by atoms with Gasteiger partial charge in [-0.2, -0.15) is 0 Å². The van der Waals surface area contributed by atoms with Crippen molar-refractivity contribution < 1.29 is 28.2 Å². The Morgan fingerprint density at radius 2 is 2.15 bits per heavy atom. The molecule has 0 aromatic heterocycles. The van der Waals surface area contributed by atoms with E-state index in [2.05, 4.69) is 0 Å². The third-order valence-corrected chi connectivity index (χ3v) is 4.59. The minimum Gasteiger partial charge on any atom is -0.452 e. The molecule has 0 saturated carbocycles.